The van der Waals surface area contributed by atoms with Crippen LogP contribution in [0.1, 0.15) is 21.7 Å². The summed E-state index contributed by atoms with van der Waals surface area (Å²) in [7, 11) is 0. The zero-order chi connectivity index (χ0) is 13.0. The first-order chi connectivity index (χ1) is 8.66. The lowest BCUT2D eigenvalue weighted by Crippen LogP contribution is -2.18. The first kappa shape index (κ1) is 12.6. The van der Waals surface area contributed by atoms with Crippen LogP contribution in [0.15, 0.2) is 50.6 Å². The number of aryl methyl sites for hydroxylation is 1. The van der Waals surface area contributed by atoms with E-state index in [0.717, 1.165) is 5.56 Å². The molecule has 0 spiro atoms. The molecule has 1 aromatic heterocycles. The van der Waals surface area contributed by atoms with Crippen LogP contribution in [0.5, 0.6) is 0 Å². The fourth-order valence-electron chi connectivity index (χ4n) is 1.44. The van der Waals surface area contributed by atoms with Crippen LogP contribution in [0.4, 0.5) is 0 Å². The second-order valence-corrected chi connectivity index (χ2v) is 4.44. The summed E-state index contributed by atoms with van der Waals surface area (Å²) >= 11 is 3.18. The average molecular weight is 307 g/mol. The van der Waals surface area contributed by atoms with Crippen molar-refractivity contribution in [3.8, 4) is 0 Å². The molecule has 0 aliphatic heterocycles. The molecule has 0 unspecified atom stereocenters. The minimum Gasteiger partial charge on any atom is -0.448 e. The van der Waals surface area contributed by atoms with Gasteiger partial charge in [0.15, 0.2) is 4.67 Å². The van der Waals surface area contributed by atoms with Crippen molar-refractivity contribution in [2.45, 2.75) is 6.92 Å². The van der Waals surface area contributed by atoms with Gasteiger partial charge in [-0.2, -0.15) is 5.10 Å². The van der Waals surface area contributed by atoms with Gasteiger partial charge in [-0.3, -0.25) is 4.79 Å². The van der Waals surface area contributed by atoms with Gasteiger partial charge in [0.1, 0.15) is 5.76 Å². The van der Waals surface area contributed by atoms with E-state index in [1.807, 2.05) is 25.1 Å². The van der Waals surface area contributed by atoms with Crippen molar-refractivity contribution in [1.82, 2.24) is 5.43 Å². The Kier molecular flexibility index (Phi) is 3.94. The van der Waals surface area contributed by atoms with Crippen LogP contribution in [0.25, 0.3) is 0 Å². The molecule has 18 heavy (non-hydrogen) atoms. The predicted octanol–water partition coefficient (Wildman–Crippen LogP) is 3.11. The molecule has 0 atom stereocenters. The molecule has 0 saturated carbocycles. The Hall–Kier alpha value is -1.88. The van der Waals surface area contributed by atoms with E-state index in [4.69, 9.17) is 4.42 Å². The van der Waals surface area contributed by atoms with Crippen LogP contribution >= 0.6 is 15.9 Å². The van der Waals surface area contributed by atoms with Gasteiger partial charge in [-0.25, -0.2) is 5.43 Å². The highest BCUT2D eigenvalue weighted by Crippen LogP contribution is 2.12. The van der Waals surface area contributed by atoms with Crippen molar-refractivity contribution in [1.29, 1.82) is 0 Å². The molecule has 4 nitrogen and oxygen atoms in total. The van der Waals surface area contributed by atoms with Crippen LogP contribution < -0.4 is 5.43 Å². The minimum atomic E-state index is -0.241. The van der Waals surface area contributed by atoms with Crippen molar-refractivity contribution in [2.24, 2.45) is 5.10 Å². The van der Waals surface area contributed by atoms with Gasteiger partial charge in [-0.1, -0.05) is 18.2 Å². The topological polar surface area (TPSA) is 54.6 Å². The third-order valence-electron chi connectivity index (χ3n) is 2.34. The van der Waals surface area contributed by atoms with Crippen molar-refractivity contribution in [2.75, 3.05) is 0 Å². The number of nitrogens with one attached hydrogen (secondary N) is 1. The van der Waals surface area contributed by atoms with Crippen molar-refractivity contribution >= 4 is 28.1 Å². The number of hydrogen-bond donors (Lipinski definition) is 1. The van der Waals surface area contributed by atoms with Gasteiger partial charge in [0.2, 0.25) is 0 Å². The molecule has 1 heterocycles. The van der Waals surface area contributed by atoms with Crippen LogP contribution in [0.2, 0.25) is 0 Å². The molecule has 0 fully saturated rings. The SMILES string of the molecule is Cc1ccccc1C(=O)N/N=C/c1ccc(Br)o1. The third kappa shape index (κ3) is 3.07. The van der Waals surface area contributed by atoms with E-state index in [-0.39, 0.29) is 5.91 Å². The number of rotatable bonds is 3. The lowest BCUT2D eigenvalue weighted by Gasteiger charge is -2.02. The summed E-state index contributed by atoms with van der Waals surface area (Å²) in [6.07, 6.45) is 1.45. The average Bonchev–Trinajstić information content (AvgIpc) is 2.75. The van der Waals surface area contributed by atoms with Crippen LogP contribution in [-0.2, 0) is 0 Å². The van der Waals surface area contributed by atoms with E-state index in [1.54, 1.807) is 18.2 Å². The minimum absolute atomic E-state index is 0.241. The maximum Gasteiger partial charge on any atom is 0.271 e. The number of carbonyl (C=O) groups excluding carboxylic acids is 1. The molecular weight excluding hydrogens is 296 g/mol. The Morgan fingerprint density at radius 2 is 2.11 bits per heavy atom. The van der Waals surface area contributed by atoms with Crippen molar-refractivity contribution in [3.63, 3.8) is 0 Å². The summed E-state index contributed by atoms with van der Waals surface area (Å²) in [5, 5.41) is 3.83. The molecule has 0 aliphatic carbocycles. The highest BCUT2D eigenvalue weighted by Gasteiger charge is 2.06. The van der Waals surface area contributed by atoms with Gasteiger partial charge in [-0.15, -0.1) is 0 Å². The Balaban J connectivity index is 2.01. The third-order valence-corrected chi connectivity index (χ3v) is 2.77. The molecule has 92 valence electrons. The van der Waals surface area contributed by atoms with E-state index in [1.165, 1.54) is 6.21 Å². The normalized spacial score (nSPS) is 10.8. The fourth-order valence-corrected chi connectivity index (χ4v) is 1.76. The lowest BCUT2D eigenvalue weighted by atomic mass is 10.1. The smallest absolute Gasteiger partial charge is 0.271 e. The number of amides is 1. The highest BCUT2D eigenvalue weighted by molar-refractivity contribution is 9.10. The second-order valence-electron chi connectivity index (χ2n) is 3.66. The van der Waals surface area contributed by atoms with E-state index in [9.17, 15) is 4.79 Å². The van der Waals surface area contributed by atoms with Gasteiger partial charge in [-0.05, 0) is 46.6 Å². The summed E-state index contributed by atoms with van der Waals surface area (Å²) < 4.78 is 5.83. The van der Waals surface area contributed by atoms with Gasteiger partial charge in [0.05, 0.1) is 6.21 Å². The van der Waals surface area contributed by atoms with Gasteiger partial charge >= 0.3 is 0 Å². The Labute approximate surface area is 113 Å². The van der Waals surface area contributed by atoms with Gasteiger partial charge in [0, 0.05) is 5.56 Å². The maximum atomic E-state index is 11.8. The number of furan rings is 1. The largest absolute Gasteiger partial charge is 0.448 e. The zero-order valence-corrected chi connectivity index (χ0v) is 11.3. The van der Waals surface area contributed by atoms with E-state index in [0.29, 0.717) is 16.0 Å². The molecule has 2 aromatic rings. The number of benzene rings is 1. The Bertz CT molecular complexity index is 590. The molecular formula is C13H11BrN2O2. The number of carbonyl (C=O) groups is 1. The molecule has 1 amide bonds. The lowest BCUT2D eigenvalue weighted by molar-refractivity contribution is 0.0954. The molecule has 5 heteroatoms. The van der Waals surface area contributed by atoms with E-state index in [2.05, 4.69) is 26.5 Å². The quantitative estimate of drug-likeness (QED) is 0.699. The van der Waals surface area contributed by atoms with Crippen molar-refractivity contribution < 1.29 is 9.21 Å². The monoisotopic (exact) mass is 306 g/mol. The Morgan fingerprint density at radius 3 is 2.78 bits per heavy atom. The highest BCUT2D eigenvalue weighted by atomic mass is 79.9. The zero-order valence-electron chi connectivity index (χ0n) is 9.68. The van der Waals surface area contributed by atoms with E-state index >= 15 is 0 Å². The molecule has 0 aliphatic rings. The predicted molar refractivity (Wildman–Crippen MR) is 72.6 cm³/mol. The first-order valence-electron chi connectivity index (χ1n) is 5.31. The molecule has 0 bridgehead atoms. The summed E-state index contributed by atoms with van der Waals surface area (Å²) in [6, 6.07) is 10.8. The number of hydrogen-bond acceptors (Lipinski definition) is 3. The number of hydrazone groups is 1. The standard InChI is InChI=1S/C13H11BrN2O2/c1-9-4-2-3-5-11(9)13(17)16-15-8-10-6-7-12(14)18-10/h2-8H,1H3,(H,16,17)/b15-8+. The van der Waals surface area contributed by atoms with Crippen LogP contribution in [-0.4, -0.2) is 12.1 Å². The van der Waals surface area contributed by atoms with Gasteiger partial charge in [0.25, 0.3) is 5.91 Å². The molecule has 0 radical (unpaired) electrons. The molecule has 0 saturated heterocycles. The number of halogens is 1. The maximum absolute atomic E-state index is 11.8. The summed E-state index contributed by atoms with van der Waals surface area (Å²) in [4.78, 5) is 11.8. The summed E-state index contributed by atoms with van der Waals surface area (Å²) in [5.74, 6) is 0.321. The second kappa shape index (κ2) is 5.64. The Morgan fingerprint density at radius 1 is 1.33 bits per heavy atom. The molecule has 2 rings (SSSR count). The number of nitrogens with zero attached hydrogens (tertiary/aromatic N) is 1. The van der Waals surface area contributed by atoms with Crippen LogP contribution in [0.3, 0.4) is 0 Å². The fraction of sp³-hybridized carbons (Fsp3) is 0.0769. The molecule has 1 aromatic carbocycles. The van der Waals surface area contributed by atoms with E-state index < -0.39 is 0 Å². The first-order valence-corrected chi connectivity index (χ1v) is 6.10. The summed E-state index contributed by atoms with van der Waals surface area (Å²) in [6.45, 7) is 1.88. The van der Waals surface area contributed by atoms with Gasteiger partial charge < -0.3 is 4.42 Å². The summed E-state index contributed by atoms with van der Waals surface area (Å²) in [5.41, 5.74) is 3.97. The van der Waals surface area contributed by atoms with Crippen molar-refractivity contribution in [3.05, 3.63) is 58.0 Å². The van der Waals surface area contributed by atoms with Crippen LogP contribution in [0, 0.1) is 6.92 Å². The molecule has 1 N–H and O–H groups in total.